The predicted molar refractivity (Wildman–Crippen MR) is 259 cm³/mol. The van der Waals surface area contributed by atoms with Gasteiger partial charge in [-0.1, -0.05) is 48.5 Å². The van der Waals surface area contributed by atoms with Gasteiger partial charge in [0.2, 0.25) is 0 Å². The third-order valence-corrected chi connectivity index (χ3v) is 10.4. The molecule has 0 aliphatic rings. The molecule has 0 radical (unpaired) electrons. The minimum absolute atomic E-state index is 0.105. The van der Waals surface area contributed by atoms with Gasteiger partial charge < -0.3 is 39.9 Å². The number of rotatable bonds is 22. The van der Waals surface area contributed by atoms with E-state index in [1.165, 1.54) is 84.9 Å². The van der Waals surface area contributed by atoms with Crippen molar-refractivity contribution in [1.82, 2.24) is 0 Å². The summed E-state index contributed by atoms with van der Waals surface area (Å²) in [4.78, 5) is 53.0. The van der Waals surface area contributed by atoms with Crippen molar-refractivity contribution in [2.45, 2.75) is 56.7 Å². The van der Waals surface area contributed by atoms with Crippen LogP contribution in [0.15, 0.2) is 158 Å². The van der Waals surface area contributed by atoms with Crippen molar-refractivity contribution in [2.75, 3.05) is 24.7 Å². The molecule has 0 aromatic heterocycles. The number of alkyl halides is 6. The van der Waals surface area contributed by atoms with Gasteiger partial charge in [-0.3, -0.25) is 0 Å². The van der Waals surface area contributed by atoms with E-state index in [4.69, 9.17) is 39.9 Å². The normalized spacial score (nSPS) is 11.8. The number of benzene rings is 6. The number of nitrogens with two attached hydrogens (primary N) is 2. The maximum Gasteiger partial charge on any atom is 0.389 e. The molecule has 0 spiro atoms. The third kappa shape index (κ3) is 18.6. The highest BCUT2D eigenvalue weighted by atomic mass is 19.4. The van der Waals surface area contributed by atoms with Crippen LogP contribution in [0.1, 0.15) is 68.7 Å². The minimum Gasteiger partial charge on any atom is -0.494 e. The molecular weight excluding hydrogens is 963 g/mol. The van der Waals surface area contributed by atoms with Crippen LogP contribution in [0.4, 0.5) is 37.7 Å². The number of anilines is 2. The van der Waals surface area contributed by atoms with Gasteiger partial charge in [-0.15, -0.1) is 0 Å². The Morgan fingerprint density at radius 2 is 0.767 bits per heavy atom. The van der Waals surface area contributed by atoms with Gasteiger partial charge in [-0.05, 0) is 144 Å². The highest BCUT2D eigenvalue weighted by Crippen LogP contribution is 2.29. The van der Waals surface area contributed by atoms with Crippen LogP contribution in [0.25, 0.3) is 12.2 Å². The van der Waals surface area contributed by atoms with E-state index in [0.29, 0.717) is 45.1 Å². The first kappa shape index (κ1) is 53.8. The van der Waals surface area contributed by atoms with Crippen molar-refractivity contribution in [3.63, 3.8) is 0 Å². The van der Waals surface area contributed by atoms with E-state index in [1.54, 1.807) is 72.8 Å². The molecule has 0 aliphatic carbocycles. The number of hydrogen-bond acceptors (Lipinski definition) is 12. The molecule has 0 saturated heterocycles. The Morgan fingerprint density at radius 1 is 0.438 bits per heavy atom. The van der Waals surface area contributed by atoms with Crippen LogP contribution in [0, 0.1) is 0 Å². The van der Waals surface area contributed by atoms with E-state index in [2.05, 4.69) is 0 Å². The lowest BCUT2D eigenvalue weighted by atomic mass is 9.97. The Balaban J connectivity index is 1.10. The number of nitrogen functional groups attached to an aromatic ring is 2. The van der Waals surface area contributed by atoms with Crippen LogP contribution < -0.4 is 30.4 Å². The molecule has 6 aromatic rings. The van der Waals surface area contributed by atoms with Crippen molar-refractivity contribution in [1.29, 1.82) is 0 Å². The molecule has 6 aromatic carbocycles. The largest absolute Gasteiger partial charge is 0.494 e. The molecule has 0 fully saturated rings. The van der Waals surface area contributed by atoms with Crippen LogP contribution in [0.3, 0.4) is 0 Å². The molecule has 12 nitrogen and oxygen atoms in total. The molecule has 0 atom stereocenters. The first-order valence-electron chi connectivity index (χ1n) is 22.5. The standard InChI is InChI=1S/C55H48F6N2O10/c56-54(57,58)31-1-33-68-45-25-13-41(14-26-45)51(66)70-47-21-7-37(8-22-47)11-29-49(64)72-53(35-39-3-17-43(62)18-4-39,36-40-5-19-44(63)20-6-40)73-50(65)30-12-38-9-23-48(24-10-38)71-52(67)42-15-27-46(28-16-42)69-34-2-32-55(59,60)61/h3-30H,1-2,31-36,62-63H2/b29-11+,30-12+. The molecule has 0 bridgehead atoms. The summed E-state index contributed by atoms with van der Waals surface area (Å²) in [5, 5.41) is 0. The average Bonchev–Trinajstić information content (AvgIpc) is 3.35. The highest BCUT2D eigenvalue weighted by Gasteiger charge is 2.39. The number of carbonyl (C=O) groups excluding carboxylic acids is 4. The zero-order valence-electron chi connectivity index (χ0n) is 38.8. The van der Waals surface area contributed by atoms with Gasteiger partial charge >= 0.3 is 36.2 Å². The number of halogens is 6. The third-order valence-electron chi connectivity index (χ3n) is 10.4. The Labute approximate surface area is 415 Å². The van der Waals surface area contributed by atoms with Crippen LogP contribution >= 0.6 is 0 Å². The Kier molecular flexibility index (Phi) is 18.4. The molecule has 0 aliphatic heterocycles. The van der Waals surface area contributed by atoms with E-state index >= 15 is 0 Å². The van der Waals surface area contributed by atoms with Gasteiger partial charge in [0.1, 0.15) is 23.0 Å². The van der Waals surface area contributed by atoms with Crippen LogP contribution in [0.5, 0.6) is 23.0 Å². The molecule has 6 rings (SSSR count). The summed E-state index contributed by atoms with van der Waals surface area (Å²) in [7, 11) is 0. The quantitative estimate of drug-likeness (QED) is 0.0125. The number of ether oxygens (including phenoxy) is 6. The summed E-state index contributed by atoms with van der Waals surface area (Å²) in [5.41, 5.74) is 15.4. The van der Waals surface area contributed by atoms with Crippen LogP contribution in [-0.2, 0) is 31.9 Å². The zero-order valence-corrected chi connectivity index (χ0v) is 38.8. The molecule has 0 heterocycles. The van der Waals surface area contributed by atoms with Crippen molar-refractivity contribution in [3.05, 3.63) is 191 Å². The Morgan fingerprint density at radius 3 is 1.10 bits per heavy atom. The second-order valence-corrected chi connectivity index (χ2v) is 16.4. The maximum atomic E-state index is 13.7. The second kappa shape index (κ2) is 25.0. The predicted octanol–water partition coefficient (Wildman–Crippen LogP) is 11.7. The summed E-state index contributed by atoms with van der Waals surface area (Å²) in [6, 6.07) is 37.2. The summed E-state index contributed by atoms with van der Waals surface area (Å²) in [6.07, 6.45) is -5.95. The summed E-state index contributed by atoms with van der Waals surface area (Å²) in [6.45, 7) is -0.287. The van der Waals surface area contributed by atoms with E-state index in [9.17, 15) is 45.5 Å². The van der Waals surface area contributed by atoms with E-state index in [-0.39, 0.29) is 61.5 Å². The number of esters is 4. The molecule has 4 N–H and O–H groups in total. The summed E-state index contributed by atoms with van der Waals surface area (Å²) in [5.74, 6) is -4.13. The van der Waals surface area contributed by atoms with Crippen LogP contribution in [0.2, 0.25) is 0 Å². The van der Waals surface area contributed by atoms with E-state index < -0.39 is 54.9 Å². The van der Waals surface area contributed by atoms with E-state index in [1.807, 2.05) is 0 Å². The fourth-order valence-corrected chi connectivity index (χ4v) is 6.81. The van der Waals surface area contributed by atoms with Crippen molar-refractivity contribution in [2.24, 2.45) is 0 Å². The first-order valence-corrected chi connectivity index (χ1v) is 22.5. The van der Waals surface area contributed by atoms with Crippen molar-refractivity contribution in [3.8, 4) is 23.0 Å². The molecular formula is C55H48F6N2O10. The topological polar surface area (TPSA) is 176 Å². The van der Waals surface area contributed by atoms with Gasteiger partial charge in [0.05, 0.1) is 37.2 Å². The zero-order chi connectivity index (χ0) is 52.4. The fraction of sp³-hybridized carbons (Fsp3) is 0.200. The van der Waals surface area contributed by atoms with E-state index in [0.717, 1.165) is 12.2 Å². The molecule has 18 heteroatoms. The molecule has 0 saturated carbocycles. The van der Waals surface area contributed by atoms with Crippen molar-refractivity contribution < 1.29 is 73.9 Å². The minimum atomic E-state index is -4.28. The summed E-state index contributed by atoms with van der Waals surface area (Å²) < 4.78 is 108. The highest BCUT2D eigenvalue weighted by molar-refractivity contribution is 5.92. The van der Waals surface area contributed by atoms with Crippen molar-refractivity contribution >= 4 is 47.4 Å². The number of carbonyl (C=O) groups is 4. The lowest BCUT2D eigenvalue weighted by Gasteiger charge is -2.32. The van der Waals surface area contributed by atoms with Gasteiger partial charge in [0, 0.05) is 36.4 Å². The maximum absolute atomic E-state index is 13.7. The molecule has 0 unspecified atom stereocenters. The van der Waals surface area contributed by atoms with Crippen LogP contribution in [-0.4, -0.2) is 55.2 Å². The lowest BCUT2D eigenvalue weighted by Crippen LogP contribution is -2.44. The monoisotopic (exact) mass is 1010 g/mol. The lowest BCUT2D eigenvalue weighted by molar-refractivity contribution is -0.221. The summed E-state index contributed by atoms with van der Waals surface area (Å²) >= 11 is 0. The second-order valence-electron chi connectivity index (χ2n) is 16.4. The number of hydrogen-bond donors (Lipinski definition) is 2. The Bertz CT molecular complexity index is 2640. The SMILES string of the molecule is Nc1ccc(CC(Cc2ccc(N)cc2)(OC(=O)/C=C/c2ccc(OC(=O)c3ccc(OCCCC(F)(F)F)cc3)cc2)OC(=O)/C=C/c2ccc(OC(=O)c3ccc(OCCCC(F)(F)F)cc3)cc2)cc1. The van der Waals surface area contributed by atoms with Gasteiger partial charge in [-0.25, -0.2) is 19.2 Å². The molecule has 380 valence electrons. The van der Waals surface area contributed by atoms with Gasteiger partial charge in [-0.2, -0.15) is 26.3 Å². The van der Waals surface area contributed by atoms with Gasteiger partial charge in [0.25, 0.3) is 5.79 Å². The Hall–Kier alpha value is -8.54. The molecule has 0 amide bonds. The van der Waals surface area contributed by atoms with Gasteiger partial charge in [0.15, 0.2) is 0 Å². The smallest absolute Gasteiger partial charge is 0.389 e. The molecule has 73 heavy (non-hydrogen) atoms. The average molecular weight is 1010 g/mol. The first-order chi connectivity index (χ1) is 34.8. The fourth-order valence-electron chi connectivity index (χ4n) is 6.81.